The van der Waals surface area contributed by atoms with Crippen molar-refractivity contribution in [1.29, 1.82) is 0 Å². The number of methoxy groups -OCH3 is 1. The van der Waals surface area contributed by atoms with E-state index in [4.69, 9.17) is 4.74 Å². The van der Waals surface area contributed by atoms with Gasteiger partial charge in [-0.05, 0) is 60.5 Å². The van der Waals surface area contributed by atoms with Gasteiger partial charge in [0.1, 0.15) is 5.75 Å². The van der Waals surface area contributed by atoms with Crippen LogP contribution in [-0.2, 0) is 0 Å². The first kappa shape index (κ1) is 15.9. The molecule has 0 aliphatic carbocycles. The number of nitrogens with one attached hydrogen (secondary N) is 1. The van der Waals surface area contributed by atoms with Crippen LogP contribution >= 0.6 is 11.8 Å². The van der Waals surface area contributed by atoms with Crippen molar-refractivity contribution in [2.75, 3.05) is 7.11 Å². The van der Waals surface area contributed by atoms with Gasteiger partial charge in [0.15, 0.2) is 0 Å². The maximum atomic E-state index is 5.29. The molecular formula is C22H19NOS. The number of hydrogen-bond acceptors (Lipinski definition) is 2. The lowest BCUT2D eigenvalue weighted by atomic mass is 10.1. The van der Waals surface area contributed by atoms with Crippen molar-refractivity contribution in [3.63, 3.8) is 0 Å². The van der Waals surface area contributed by atoms with E-state index in [1.54, 1.807) is 18.9 Å². The van der Waals surface area contributed by atoms with Gasteiger partial charge < -0.3 is 9.72 Å². The second-order valence-electron chi connectivity index (χ2n) is 6.02. The molecule has 124 valence electrons. The molecule has 4 rings (SSSR count). The summed E-state index contributed by atoms with van der Waals surface area (Å²) in [5.41, 5.74) is 4.74. The van der Waals surface area contributed by atoms with Gasteiger partial charge in [-0.2, -0.15) is 0 Å². The van der Waals surface area contributed by atoms with Crippen LogP contribution in [-0.4, -0.2) is 12.1 Å². The summed E-state index contributed by atoms with van der Waals surface area (Å²) in [5.74, 6) is 0.868. The second-order valence-corrected chi connectivity index (χ2v) is 7.11. The molecule has 0 spiro atoms. The number of aryl methyl sites for hydroxylation is 1. The molecule has 0 amide bonds. The first-order chi connectivity index (χ1) is 12.2. The number of benzene rings is 3. The van der Waals surface area contributed by atoms with Gasteiger partial charge in [-0.3, -0.25) is 0 Å². The summed E-state index contributed by atoms with van der Waals surface area (Å²) >= 11 is 1.80. The van der Waals surface area contributed by atoms with E-state index < -0.39 is 0 Å². The second kappa shape index (κ2) is 6.69. The predicted molar refractivity (Wildman–Crippen MR) is 106 cm³/mol. The zero-order valence-electron chi connectivity index (χ0n) is 14.2. The molecule has 0 saturated heterocycles. The van der Waals surface area contributed by atoms with E-state index in [9.17, 15) is 0 Å². The smallest absolute Gasteiger partial charge is 0.118 e. The number of aromatic nitrogens is 1. The Balaban J connectivity index is 1.87. The molecular weight excluding hydrogens is 326 g/mol. The zero-order chi connectivity index (χ0) is 17.2. The van der Waals surface area contributed by atoms with Crippen LogP contribution in [0.3, 0.4) is 0 Å². The standard InChI is InChI=1S/C22H19NOS/c1-15-8-13-19-20(14-15)23-21(16-9-11-17(24-2)12-10-16)22(19)25-18-6-4-3-5-7-18/h3-14,23H,1-2H3. The fraction of sp³-hybridized carbons (Fsp3) is 0.0909. The third kappa shape index (κ3) is 3.15. The largest absolute Gasteiger partial charge is 0.497 e. The van der Waals surface area contributed by atoms with Gasteiger partial charge in [0.05, 0.1) is 12.8 Å². The van der Waals surface area contributed by atoms with Crippen molar-refractivity contribution >= 4 is 22.7 Å². The van der Waals surface area contributed by atoms with Crippen LogP contribution < -0.4 is 4.74 Å². The molecule has 25 heavy (non-hydrogen) atoms. The Morgan fingerprint density at radius 2 is 1.64 bits per heavy atom. The maximum absolute atomic E-state index is 5.29. The molecule has 4 aromatic rings. The van der Waals surface area contributed by atoms with Crippen molar-refractivity contribution in [1.82, 2.24) is 4.98 Å². The van der Waals surface area contributed by atoms with Gasteiger partial charge in [0.2, 0.25) is 0 Å². The SMILES string of the molecule is COc1ccc(-c2[nH]c3cc(C)ccc3c2Sc2ccccc2)cc1. The van der Waals surface area contributed by atoms with Crippen LogP contribution in [0.25, 0.3) is 22.2 Å². The fourth-order valence-electron chi connectivity index (χ4n) is 2.96. The molecule has 1 N–H and O–H groups in total. The minimum atomic E-state index is 0.868. The molecule has 0 radical (unpaired) electrons. The van der Waals surface area contributed by atoms with Gasteiger partial charge in [0, 0.05) is 20.7 Å². The van der Waals surface area contributed by atoms with Gasteiger partial charge in [-0.25, -0.2) is 0 Å². The van der Waals surface area contributed by atoms with Crippen molar-refractivity contribution in [2.24, 2.45) is 0 Å². The third-order valence-corrected chi connectivity index (χ3v) is 5.38. The molecule has 0 atom stereocenters. The van der Waals surface area contributed by atoms with Gasteiger partial charge >= 0.3 is 0 Å². The molecule has 0 fully saturated rings. The number of rotatable bonds is 4. The Bertz CT molecular complexity index is 1000. The van der Waals surface area contributed by atoms with Crippen molar-refractivity contribution in [3.05, 3.63) is 78.4 Å². The Labute approximate surface area is 151 Å². The molecule has 3 heteroatoms. The monoisotopic (exact) mass is 345 g/mol. The van der Waals surface area contributed by atoms with E-state index in [0.29, 0.717) is 0 Å². The highest BCUT2D eigenvalue weighted by Crippen LogP contribution is 2.41. The number of H-pyrrole nitrogens is 1. The van der Waals surface area contributed by atoms with E-state index in [0.717, 1.165) is 17.0 Å². The molecule has 0 bridgehead atoms. The van der Waals surface area contributed by atoms with Gasteiger partial charge in [0.25, 0.3) is 0 Å². The lowest BCUT2D eigenvalue weighted by Gasteiger charge is -2.06. The van der Waals surface area contributed by atoms with Crippen LogP contribution in [0.1, 0.15) is 5.56 Å². The highest BCUT2D eigenvalue weighted by Gasteiger charge is 2.15. The first-order valence-electron chi connectivity index (χ1n) is 8.24. The average Bonchev–Trinajstić information content (AvgIpc) is 3.00. The molecule has 1 heterocycles. The van der Waals surface area contributed by atoms with Crippen LogP contribution in [0, 0.1) is 6.92 Å². The van der Waals surface area contributed by atoms with Crippen LogP contribution in [0.5, 0.6) is 5.75 Å². The normalized spacial score (nSPS) is 11.0. The number of ether oxygens (including phenoxy) is 1. The maximum Gasteiger partial charge on any atom is 0.118 e. The van der Waals surface area contributed by atoms with Crippen molar-refractivity contribution in [2.45, 2.75) is 16.7 Å². The van der Waals surface area contributed by atoms with Crippen molar-refractivity contribution in [3.8, 4) is 17.0 Å². The van der Waals surface area contributed by atoms with Gasteiger partial charge in [-0.15, -0.1) is 0 Å². The summed E-state index contributed by atoms with van der Waals surface area (Å²) in [6.07, 6.45) is 0. The van der Waals surface area contributed by atoms with E-state index in [1.807, 2.05) is 18.2 Å². The highest BCUT2D eigenvalue weighted by atomic mass is 32.2. The summed E-state index contributed by atoms with van der Waals surface area (Å²) in [7, 11) is 1.69. The molecule has 3 aromatic carbocycles. The number of aromatic amines is 1. The summed E-state index contributed by atoms with van der Waals surface area (Å²) in [6.45, 7) is 2.12. The average molecular weight is 345 g/mol. The molecule has 2 nitrogen and oxygen atoms in total. The zero-order valence-corrected chi connectivity index (χ0v) is 15.1. The van der Waals surface area contributed by atoms with E-state index in [-0.39, 0.29) is 0 Å². The Kier molecular flexibility index (Phi) is 4.24. The van der Waals surface area contributed by atoms with Crippen LogP contribution in [0.2, 0.25) is 0 Å². The van der Waals surface area contributed by atoms with Crippen molar-refractivity contribution < 1.29 is 4.74 Å². The molecule has 1 aromatic heterocycles. The molecule has 0 aliphatic heterocycles. The Morgan fingerprint density at radius 3 is 2.36 bits per heavy atom. The minimum Gasteiger partial charge on any atom is -0.497 e. The topological polar surface area (TPSA) is 25.0 Å². The van der Waals surface area contributed by atoms with E-state index in [1.165, 1.54) is 26.3 Å². The Morgan fingerprint density at radius 1 is 0.880 bits per heavy atom. The van der Waals surface area contributed by atoms with Gasteiger partial charge in [-0.1, -0.05) is 42.1 Å². The highest BCUT2D eigenvalue weighted by molar-refractivity contribution is 7.99. The molecule has 0 aliphatic rings. The van der Waals surface area contributed by atoms with E-state index in [2.05, 4.69) is 66.5 Å². The summed E-state index contributed by atoms with van der Waals surface area (Å²) < 4.78 is 5.29. The number of fused-ring (bicyclic) bond motifs is 1. The molecule has 0 unspecified atom stereocenters. The summed E-state index contributed by atoms with van der Waals surface area (Å²) in [5, 5.41) is 1.25. The quantitative estimate of drug-likeness (QED) is 0.469. The van der Waals surface area contributed by atoms with Crippen LogP contribution in [0.15, 0.2) is 82.6 Å². The summed E-state index contributed by atoms with van der Waals surface area (Å²) in [4.78, 5) is 6.11. The summed E-state index contributed by atoms with van der Waals surface area (Å²) in [6, 6.07) is 25.3. The Hall–Kier alpha value is -2.65. The van der Waals surface area contributed by atoms with E-state index >= 15 is 0 Å². The lowest BCUT2D eigenvalue weighted by Crippen LogP contribution is -1.84. The molecule has 0 saturated carbocycles. The minimum absolute atomic E-state index is 0.868. The first-order valence-corrected chi connectivity index (χ1v) is 9.06. The van der Waals surface area contributed by atoms with Crippen LogP contribution in [0.4, 0.5) is 0 Å². The number of hydrogen-bond donors (Lipinski definition) is 1. The lowest BCUT2D eigenvalue weighted by molar-refractivity contribution is 0.415. The predicted octanol–water partition coefficient (Wildman–Crippen LogP) is 6.30. The fourth-order valence-corrected chi connectivity index (χ4v) is 4.05. The third-order valence-electron chi connectivity index (χ3n) is 4.25.